The smallest absolute Gasteiger partial charge is 0.450 e. The van der Waals surface area contributed by atoms with E-state index in [4.69, 9.17) is 38.2 Å². The van der Waals surface area contributed by atoms with Gasteiger partial charge in [0, 0.05) is 0 Å². The number of hydrogen-bond donors (Lipinski definition) is 3. The number of carbonyl (C=O) groups is 1. The largest absolute Gasteiger partial charge is 0.503 e. The highest BCUT2D eigenvalue weighted by Crippen LogP contribution is 2.59. The molecule has 1 fully saturated rings. The van der Waals surface area contributed by atoms with Gasteiger partial charge in [-0.1, -0.05) is 37.0 Å². The molecule has 0 saturated heterocycles. The van der Waals surface area contributed by atoms with Gasteiger partial charge in [0.25, 0.3) is 0 Å². The molecule has 0 aromatic rings. The van der Waals surface area contributed by atoms with Gasteiger partial charge in [0.05, 0.1) is 6.10 Å². The Kier molecular flexibility index (Phi) is 5.19. The maximum Gasteiger partial charge on any atom is 0.503 e. The van der Waals surface area contributed by atoms with Crippen LogP contribution in [0.25, 0.3) is 0 Å². The molecule has 2 unspecified atom stereocenters. The third-order valence-corrected chi connectivity index (χ3v) is 3.60. The van der Waals surface area contributed by atoms with E-state index in [1.54, 1.807) is 13.8 Å². The molecule has 0 radical (unpaired) electrons. The standard InChI is InChI=1S/C8H11Cl2F3O.CH2O3/c1-6(2)3-4(6)5(14)7(9,10)8(11,12)13;2-1(3)4/h4-5,14H,3H2,1-2H3;(H2,2,3,4). The first-order valence-electron chi connectivity index (χ1n) is 4.78. The predicted molar refractivity (Wildman–Crippen MR) is 59.0 cm³/mol. The van der Waals surface area contributed by atoms with Gasteiger partial charge in [-0.2, -0.15) is 13.2 Å². The summed E-state index contributed by atoms with van der Waals surface area (Å²) in [7, 11) is 0. The van der Waals surface area contributed by atoms with Gasteiger partial charge in [0.1, 0.15) is 0 Å². The normalized spacial score (nSPS) is 23.7. The number of halogens is 5. The first kappa shape index (κ1) is 17.6. The lowest BCUT2D eigenvalue weighted by atomic mass is 10.0. The molecule has 0 aromatic heterocycles. The molecule has 0 bridgehead atoms. The molecule has 1 aliphatic carbocycles. The third-order valence-electron chi connectivity index (χ3n) is 2.72. The summed E-state index contributed by atoms with van der Waals surface area (Å²) < 4.78 is 33.8. The number of hydrogen-bond acceptors (Lipinski definition) is 2. The Hall–Kier alpha value is -0.400. The molecule has 4 nitrogen and oxygen atoms in total. The summed E-state index contributed by atoms with van der Waals surface area (Å²) in [6, 6.07) is 0. The molecule has 0 aromatic carbocycles. The molecule has 0 spiro atoms. The molecule has 108 valence electrons. The molecule has 1 aliphatic rings. The Balaban J connectivity index is 0.000000631. The fourth-order valence-electron chi connectivity index (χ4n) is 1.47. The summed E-state index contributed by atoms with van der Waals surface area (Å²) in [6.45, 7) is 3.53. The van der Waals surface area contributed by atoms with E-state index in [1.165, 1.54) is 0 Å². The molecular weight excluding hydrogens is 300 g/mol. The van der Waals surface area contributed by atoms with E-state index < -0.39 is 28.7 Å². The molecule has 0 heterocycles. The van der Waals surface area contributed by atoms with Gasteiger partial charge in [0.15, 0.2) is 0 Å². The summed E-state index contributed by atoms with van der Waals surface area (Å²) in [5, 5.41) is 23.3. The number of rotatable bonds is 2. The molecule has 1 rings (SSSR count). The Morgan fingerprint density at radius 2 is 1.61 bits per heavy atom. The first-order valence-corrected chi connectivity index (χ1v) is 5.53. The molecule has 2 atom stereocenters. The van der Waals surface area contributed by atoms with Gasteiger partial charge in [-0.05, 0) is 17.8 Å². The van der Waals surface area contributed by atoms with Crippen LogP contribution in [0, 0.1) is 11.3 Å². The van der Waals surface area contributed by atoms with Crippen LogP contribution in [0.2, 0.25) is 0 Å². The Morgan fingerprint density at radius 3 is 1.78 bits per heavy atom. The predicted octanol–water partition coefficient (Wildman–Crippen LogP) is 3.35. The van der Waals surface area contributed by atoms with Crippen LogP contribution in [0.15, 0.2) is 0 Å². The quantitative estimate of drug-likeness (QED) is 0.683. The van der Waals surface area contributed by atoms with Crippen molar-refractivity contribution in [1.29, 1.82) is 0 Å². The van der Waals surface area contributed by atoms with E-state index in [2.05, 4.69) is 0 Å². The van der Waals surface area contributed by atoms with Crippen LogP contribution in [-0.2, 0) is 0 Å². The van der Waals surface area contributed by atoms with Crippen molar-refractivity contribution in [2.45, 2.75) is 36.9 Å². The zero-order valence-electron chi connectivity index (χ0n) is 9.50. The zero-order chi connectivity index (χ0) is 14.9. The fraction of sp³-hybridized carbons (Fsp3) is 0.889. The Bertz CT molecular complexity index is 313. The van der Waals surface area contributed by atoms with Crippen LogP contribution in [-0.4, -0.2) is 38.1 Å². The van der Waals surface area contributed by atoms with Gasteiger partial charge < -0.3 is 15.3 Å². The fourth-order valence-corrected chi connectivity index (χ4v) is 1.77. The lowest BCUT2D eigenvalue weighted by Gasteiger charge is -2.28. The zero-order valence-corrected chi connectivity index (χ0v) is 11.0. The van der Waals surface area contributed by atoms with Gasteiger partial charge >= 0.3 is 12.3 Å². The third kappa shape index (κ3) is 4.37. The maximum atomic E-state index is 12.3. The van der Waals surface area contributed by atoms with Crippen molar-refractivity contribution in [3.63, 3.8) is 0 Å². The number of aliphatic hydroxyl groups is 1. The van der Waals surface area contributed by atoms with Gasteiger partial charge in [-0.15, -0.1) is 0 Å². The van der Waals surface area contributed by atoms with Crippen molar-refractivity contribution in [3.8, 4) is 0 Å². The SMILES string of the molecule is CC1(C)CC1C(O)C(Cl)(Cl)C(F)(F)F.O=C(O)O. The van der Waals surface area contributed by atoms with Crippen LogP contribution in [0.5, 0.6) is 0 Å². The maximum absolute atomic E-state index is 12.3. The van der Waals surface area contributed by atoms with Crippen LogP contribution in [0.3, 0.4) is 0 Å². The van der Waals surface area contributed by atoms with Crippen LogP contribution >= 0.6 is 23.2 Å². The van der Waals surface area contributed by atoms with Gasteiger partial charge in [-0.25, -0.2) is 4.79 Å². The Labute approximate surface area is 111 Å². The molecular formula is C9H13Cl2F3O4. The van der Waals surface area contributed by atoms with Gasteiger partial charge in [0.2, 0.25) is 4.33 Å². The second-order valence-corrected chi connectivity index (χ2v) is 6.03. The van der Waals surface area contributed by atoms with Crippen molar-refractivity contribution in [2.75, 3.05) is 0 Å². The minimum atomic E-state index is -4.81. The summed E-state index contributed by atoms with van der Waals surface area (Å²) in [5.41, 5.74) is -0.306. The number of alkyl halides is 5. The molecule has 9 heteroatoms. The van der Waals surface area contributed by atoms with Crippen molar-refractivity contribution in [3.05, 3.63) is 0 Å². The van der Waals surface area contributed by atoms with Crippen LogP contribution < -0.4 is 0 Å². The van der Waals surface area contributed by atoms with Crippen molar-refractivity contribution < 1.29 is 33.3 Å². The van der Waals surface area contributed by atoms with Crippen molar-refractivity contribution in [1.82, 2.24) is 0 Å². The molecule has 0 aliphatic heterocycles. The highest BCUT2D eigenvalue weighted by atomic mass is 35.5. The average molecular weight is 313 g/mol. The highest BCUT2D eigenvalue weighted by Gasteiger charge is 2.65. The second kappa shape index (κ2) is 5.30. The van der Waals surface area contributed by atoms with Crippen LogP contribution in [0.1, 0.15) is 20.3 Å². The molecule has 0 amide bonds. The average Bonchev–Trinajstić information content (AvgIpc) is 2.70. The topological polar surface area (TPSA) is 77.8 Å². The van der Waals surface area contributed by atoms with Crippen LogP contribution in [0.4, 0.5) is 18.0 Å². The van der Waals surface area contributed by atoms with E-state index in [1.807, 2.05) is 0 Å². The second-order valence-electron chi connectivity index (χ2n) is 4.65. The lowest BCUT2D eigenvalue weighted by molar-refractivity contribution is -0.165. The van der Waals surface area contributed by atoms with Gasteiger partial charge in [-0.3, -0.25) is 0 Å². The minimum Gasteiger partial charge on any atom is -0.450 e. The summed E-state index contributed by atoms with van der Waals surface area (Å²) >= 11 is 10.2. The highest BCUT2D eigenvalue weighted by molar-refractivity contribution is 6.49. The molecule has 18 heavy (non-hydrogen) atoms. The van der Waals surface area contributed by atoms with E-state index in [9.17, 15) is 18.3 Å². The molecule has 1 saturated carbocycles. The number of aliphatic hydroxyl groups excluding tert-OH is 1. The summed E-state index contributed by atoms with van der Waals surface area (Å²) in [6.07, 6.45) is -7.90. The van der Waals surface area contributed by atoms with E-state index in [-0.39, 0.29) is 5.41 Å². The molecule has 3 N–H and O–H groups in total. The monoisotopic (exact) mass is 312 g/mol. The van der Waals surface area contributed by atoms with Crippen molar-refractivity contribution >= 4 is 29.4 Å². The van der Waals surface area contributed by atoms with E-state index in [0.717, 1.165) is 0 Å². The first-order chi connectivity index (χ1) is 7.73. The van der Waals surface area contributed by atoms with Crippen molar-refractivity contribution in [2.24, 2.45) is 11.3 Å². The van der Waals surface area contributed by atoms with E-state index >= 15 is 0 Å². The summed E-state index contributed by atoms with van der Waals surface area (Å²) in [4.78, 5) is 8.56. The Morgan fingerprint density at radius 1 is 1.33 bits per heavy atom. The minimum absolute atomic E-state index is 0.306. The van der Waals surface area contributed by atoms with E-state index in [0.29, 0.717) is 6.42 Å². The summed E-state index contributed by atoms with van der Waals surface area (Å²) in [5.74, 6) is -0.487. The lowest BCUT2D eigenvalue weighted by Crippen LogP contribution is -2.46. The number of carboxylic acid groups (broad SMARTS) is 2.